The molecule has 1 N–H and O–H groups in total. The first-order valence-electron chi connectivity index (χ1n) is 12.2. The Balaban J connectivity index is 1.94. The number of benzene rings is 1. The summed E-state index contributed by atoms with van der Waals surface area (Å²) in [7, 11) is 3.56. The SMILES string of the molecule is CCn1c2c(c3cc([B]OC(C)(C)C(C)(C)O)ccc31)C(C(C)(C)C)[C@H](OC)c1ncccc1-2. The van der Waals surface area contributed by atoms with E-state index in [0.717, 1.165) is 23.3 Å². The van der Waals surface area contributed by atoms with E-state index < -0.39 is 11.2 Å². The Kier molecular flexibility index (Phi) is 6.25. The zero-order chi connectivity index (χ0) is 25.1. The minimum absolute atomic E-state index is 0.0450. The highest BCUT2D eigenvalue weighted by Crippen LogP contribution is 2.56. The van der Waals surface area contributed by atoms with Crippen molar-refractivity contribution in [3.8, 4) is 11.3 Å². The monoisotopic (exact) mass is 461 g/mol. The molecule has 0 amide bonds. The largest absolute Gasteiger partial charge is 0.427 e. The Morgan fingerprint density at radius 3 is 2.38 bits per heavy atom. The lowest BCUT2D eigenvalue weighted by Gasteiger charge is -2.40. The third-order valence-corrected chi connectivity index (χ3v) is 7.57. The highest BCUT2D eigenvalue weighted by molar-refractivity contribution is 6.47. The van der Waals surface area contributed by atoms with Gasteiger partial charge in [0.15, 0.2) is 0 Å². The lowest BCUT2D eigenvalue weighted by Crippen LogP contribution is -2.49. The van der Waals surface area contributed by atoms with Crippen LogP contribution in [0.1, 0.15) is 78.7 Å². The number of pyridine rings is 1. The number of aromatic nitrogens is 2. The second-order valence-corrected chi connectivity index (χ2v) is 11.5. The fourth-order valence-corrected chi connectivity index (χ4v) is 5.05. The van der Waals surface area contributed by atoms with Crippen molar-refractivity contribution in [2.45, 2.75) is 85.2 Å². The van der Waals surface area contributed by atoms with E-state index in [9.17, 15) is 5.11 Å². The summed E-state index contributed by atoms with van der Waals surface area (Å²) in [6.45, 7) is 17.2. The van der Waals surface area contributed by atoms with E-state index in [-0.39, 0.29) is 17.4 Å². The molecule has 0 fully saturated rings. The van der Waals surface area contributed by atoms with E-state index in [4.69, 9.17) is 14.4 Å². The maximum absolute atomic E-state index is 10.5. The molecule has 5 nitrogen and oxygen atoms in total. The predicted molar refractivity (Wildman–Crippen MR) is 140 cm³/mol. The zero-order valence-electron chi connectivity index (χ0n) is 22.1. The molecule has 0 aliphatic heterocycles. The van der Waals surface area contributed by atoms with Crippen molar-refractivity contribution in [3.63, 3.8) is 0 Å². The smallest absolute Gasteiger partial charge is 0.330 e. The fourth-order valence-electron chi connectivity index (χ4n) is 5.05. The van der Waals surface area contributed by atoms with Gasteiger partial charge in [-0.25, -0.2) is 0 Å². The van der Waals surface area contributed by atoms with Gasteiger partial charge < -0.3 is 19.1 Å². The molecule has 2 atom stereocenters. The van der Waals surface area contributed by atoms with Crippen molar-refractivity contribution in [1.82, 2.24) is 9.55 Å². The second kappa shape index (κ2) is 8.51. The fraction of sp³-hybridized carbons (Fsp3) is 0.536. The molecule has 1 aromatic carbocycles. The standard InChI is InChI=1S/C28H38BN2O3/c1-10-31-20-14-13-17(29-34-28(7,8)27(5,6)32)16-19(20)21-22(26(2,3)4)25(33-9)23-18(24(21)31)12-11-15-30-23/h11-16,22,25,32H,10H2,1-9H3/t22?,25-/m0/s1. The predicted octanol–water partition coefficient (Wildman–Crippen LogP) is 5.36. The molecule has 2 aromatic heterocycles. The molecule has 181 valence electrons. The molecule has 0 saturated heterocycles. The average Bonchev–Trinajstić information content (AvgIpc) is 3.08. The number of hydrogen-bond acceptors (Lipinski definition) is 4. The first-order valence-corrected chi connectivity index (χ1v) is 12.2. The average molecular weight is 461 g/mol. The van der Waals surface area contributed by atoms with Gasteiger partial charge in [0, 0.05) is 42.2 Å². The van der Waals surface area contributed by atoms with Gasteiger partial charge in [-0.15, -0.1) is 0 Å². The normalized spacial score (nSPS) is 18.6. The van der Waals surface area contributed by atoms with E-state index in [1.165, 1.54) is 22.2 Å². The summed E-state index contributed by atoms with van der Waals surface area (Å²) in [6.07, 6.45) is 1.74. The van der Waals surface area contributed by atoms with Crippen molar-refractivity contribution >= 4 is 23.8 Å². The minimum Gasteiger partial charge on any atom is -0.427 e. The maximum atomic E-state index is 10.5. The number of nitrogens with zero attached hydrogens (tertiary/aromatic N) is 2. The third-order valence-electron chi connectivity index (χ3n) is 7.57. The summed E-state index contributed by atoms with van der Waals surface area (Å²) >= 11 is 0. The van der Waals surface area contributed by atoms with Crippen molar-refractivity contribution in [3.05, 3.63) is 47.8 Å². The molecule has 1 radical (unpaired) electrons. The van der Waals surface area contributed by atoms with Crippen molar-refractivity contribution in [1.29, 1.82) is 0 Å². The Morgan fingerprint density at radius 2 is 1.79 bits per heavy atom. The number of aryl methyl sites for hydroxylation is 1. The van der Waals surface area contributed by atoms with E-state index >= 15 is 0 Å². The Labute approximate surface area is 204 Å². The van der Waals surface area contributed by atoms with Crippen LogP contribution in [0.2, 0.25) is 0 Å². The van der Waals surface area contributed by atoms with Crippen molar-refractivity contribution in [2.24, 2.45) is 5.41 Å². The van der Waals surface area contributed by atoms with Gasteiger partial charge in [0.1, 0.15) is 6.10 Å². The third kappa shape index (κ3) is 4.00. The van der Waals surface area contributed by atoms with Crippen molar-refractivity contribution < 1.29 is 14.5 Å². The number of hydrogen-bond donors (Lipinski definition) is 1. The van der Waals surface area contributed by atoms with Gasteiger partial charge in [0.2, 0.25) is 0 Å². The number of ether oxygens (including phenoxy) is 1. The van der Waals surface area contributed by atoms with Crippen LogP contribution in [0.3, 0.4) is 0 Å². The Morgan fingerprint density at radius 1 is 1.09 bits per heavy atom. The van der Waals surface area contributed by atoms with Gasteiger partial charge in [-0.05, 0) is 63.8 Å². The van der Waals surface area contributed by atoms with Crippen LogP contribution in [0.25, 0.3) is 22.2 Å². The van der Waals surface area contributed by atoms with Crippen molar-refractivity contribution in [2.75, 3.05) is 7.11 Å². The molecule has 1 aliphatic carbocycles. The molecule has 1 aliphatic rings. The van der Waals surface area contributed by atoms with Gasteiger partial charge >= 0.3 is 7.48 Å². The number of aliphatic hydroxyl groups is 1. The Bertz CT molecular complexity index is 1200. The molecule has 0 bridgehead atoms. The summed E-state index contributed by atoms with van der Waals surface area (Å²) in [5.74, 6) is 0.134. The van der Waals surface area contributed by atoms with E-state index in [2.05, 4.69) is 56.5 Å². The minimum atomic E-state index is -0.974. The summed E-state index contributed by atoms with van der Waals surface area (Å²) in [4.78, 5) is 4.79. The number of rotatable bonds is 6. The first-order chi connectivity index (χ1) is 15.8. The summed E-state index contributed by atoms with van der Waals surface area (Å²) in [5.41, 5.74) is 5.14. The topological polar surface area (TPSA) is 56.5 Å². The second-order valence-electron chi connectivity index (χ2n) is 11.5. The van der Waals surface area contributed by atoms with Gasteiger partial charge in [0.05, 0.1) is 22.6 Å². The van der Waals surface area contributed by atoms with Gasteiger partial charge in [-0.3, -0.25) is 4.98 Å². The molecular formula is C28H38BN2O3. The van der Waals surface area contributed by atoms with Crippen LogP contribution in [0.4, 0.5) is 0 Å². The van der Waals surface area contributed by atoms with Crippen LogP contribution in [0, 0.1) is 5.41 Å². The molecule has 34 heavy (non-hydrogen) atoms. The molecule has 2 heterocycles. The lowest BCUT2D eigenvalue weighted by atomic mass is 9.67. The molecule has 4 rings (SSSR count). The van der Waals surface area contributed by atoms with Gasteiger partial charge in [0.25, 0.3) is 0 Å². The van der Waals surface area contributed by atoms with Crippen LogP contribution in [-0.2, 0) is 15.9 Å². The van der Waals surface area contributed by atoms with Crippen LogP contribution in [0.15, 0.2) is 36.5 Å². The zero-order valence-corrected chi connectivity index (χ0v) is 22.1. The highest BCUT2D eigenvalue weighted by atomic mass is 16.5. The lowest BCUT2D eigenvalue weighted by molar-refractivity contribution is -0.0893. The van der Waals surface area contributed by atoms with E-state index in [1.807, 2.05) is 26.1 Å². The molecule has 1 unspecified atom stereocenters. The van der Waals surface area contributed by atoms with Gasteiger partial charge in [-0.1, -0.05) is 38.4 Å². The summed E-state index contributed by atoms with van der Waals surface area (Å²) in [5, 5.41) is 11.7. The molecule has 6 heteroatoms. The quantitative estimate of drug-likeness (QED) is 0.502. The molecule has 0 spiro atoms. The van der Waals surface area contributed by atoms with Crippen LogP contribution >= 0.6 is 0 Å². The van der Waals surface area contributed by atoms with E-state index in [0.29, 0.717) is 0 Å². The maximum Gasteiger partial charge on any atom is 0.330 e. The summed E-state index contributed by atoms with van der Waals surface area (Å²) < 4.78 is 14.6. The summed E-state index contributed by atoms with van der Waals surface area (Å²) in [6, 6.07) is 10.7. The van der Waals surface area contributed by atoms with E-state index in [1.54, 1.807) is 28.4 Å². The first kappa shape index (κ1) is 25.0. The number of fused-ring (bicyclic) bond motifs is 5. The van der Waals surface area contributed by atoms with Crippen LogP contribution in [0.5, 0.6) is 0 Å². The molecule has 3 aromatic rings. The molecule has 0 saturated carbocycles. The van der Waals surface area contributed by atoms with Gasteiger partial charge in [-0.2, -0.15) is 0 Å². The Hall–Kier alpha value is -2.15. The number of methoxy groups -OCH3 is 1. The highest BCUT2D eigenvalue weighted by Gasteiger charge is 2.44. The van der Waals surface area contributed by atoms with Crippen LogP contribution in [-0.4, -0.2) is 40.5 Å². The molecular weight excluding hydrogens is 423 g/mol. The van der Waals surface area contributed by atoms with Crippen LogP contribution < -0.4 is 5.46 Å².